The standard InChI is InChI=1S/C19H18F3N3O4S/c20-19(21,22)14-4-3-6-17(12-14)30(27,28)25-10-7-15(8-11-25)24-29-18(26)13-16-5-1-2-9-23-16/h1-6,9,12H,7-8,10-11,13H2. The first kappa shape index (κ1) is 21.9. The third kappa shape index (κ3) is 5.42. The number of benzene rings is 1. The zero-order chi connectivity index (χ0) is 21.8. The highest BCUT2D eigenvalue weighted by atomic mass is 32.2. The number of oxime groups is 1. The zero-order valence-corrected chi connectivity index (χ0v) is 16.5. The lowest BCUT2D eigenvalue weighted by atomic mass is 10.1. The molecule has 1 aliphatic heterocycles. The van der Waals surface area contributed by atoms with Crippen LogP contribution >= 0.6 is 0 Å². The van der Waals surface area contributed by atoms with Crippen molar-refractivity contribution >= 4 is 21.7 Å². The summed E-state index contributed by atoms with van der Waals surface area (Å²) in [4.78, 5) is 20.3. The SMILES string of the molecule is O=C(Cc1ccccn1)ON=C1CCN(S(=O)(=O)c2cccc(C(F)(F)F)c2)CC1. The van der Waals surface area contributed by atoms with Gasteiger partial charge in [0.15, 0.2) is 0 Å². The lowest BCUT2D eigenvalue weighted by Crippen LogP contribution is -2.38. The van der Waals surface area contributed by atoms with E-state index in [4.69, 9.17) is 4.84 Å². The Kier molecular flexibility index (Phi) is 6.52. The zero-order valence-electron chi connectivity index (χ0n) is 15.7. The van der Waals surface area contributed by atoms with Crippen LogP contribution in [0.25, 0.3) is 0 Å². The smallest absolute Gasteiger partial charge is 0.318 e. The quantitative estimate of drug-likeness (QED) is 0.526. The molecular weight excluding hydrogens is 423 g/mol. The van der Waals surface area contributed by atoms with Crippen molar-refractivity contribution in [3.8, 4) is 0 Å². The van der Waals surface area contributed by atoms with Crippen LogP contribution in [-0.2, 0) is 32.3 Å². The van der Waals surface area contributed by atoms with Crippen LogP contribution in [0.4, 0.5) is 13.2 Å². The minimum absolute atomic E-state index is 0.0230. The van der Waals surface area contributed by atoms with E-state index in [1.807, 2.05) is 0 Å². The van der Waals surface area contributed by atoms with Gasteiger partial charge in [-0.3, -0.25) is 4.98 Å². The predicted octanol–water partition coefficient (Wildman–Crippen LogP) is 3.03. The van der Waals surface area contributed by atoms with Crippen LogP contribution in [0.2, 0.25) is 0 Å². The maximum atomic E-state index is 12.9. The van der Waals surface area contributed by atoms with Gasteiger partial charge in [0.2, 0.25) is 10.0 Å². The van der Waals surface area contributed by atoms with Crippen molar-refractivity contribution in [3.63, 3.8) is 0 Å². The second-order valence-corrected chi connectivity index (χ2v) is 8.49. The molecule has 2 heterocycles. The number of hydrogen-bond donors (Lipinski definition) is 0. The van der Waals surface area contributed by atoms with E-state index in [9.17, 15) is 26.4 Å². The summed E-state index contributed by atoms with van der Waals surface area (Å²) in [6.45, 7) is 0.0460. The van der Waals surface area contributed by atoms with Crippen LogP contribution in [0.15, 0.2) is 58.7 Å². The van der Waals surface area contributed by atoms with Crippen LogP contribution in [0.1, 0.15) is 24.1 Å². The van der Waals surface area contributed by atoms with Crippen LogP contribution in [0.3, 0.4) is 0 Å². The Bertz CT molecular complexity index is 1030. The Morgan fingerprint density at radius 1 is 1.13 bits per heavy atom. The minimum Gasteiger partial charge on any atom is -0.318 e. The van der Waals surface area contributed by atoms with Crippen molar-refractivity contribution in [2.75, 3.05) is 13.1 Å². The summed E-state index contributed by atoms with van der Waals surface area (Å²) in [6, 6.07) is 8.77. The van der Waals surface area contributed by atoms with Crippen molar-refractivity contribution in [2.24, 2.45) is 5.16 Å². The molecule has 0 bridgehead atoms. The number of halogens is 3. The number of carbonyl (C=O) groups is 1. The Morgan fingerprint density at radius 3 is 2.50 bits per heavy atom. The fraction of sp³-hybridized carbons (Fsp3) is 0.316. The topological polar surface area (TPSA) is 88.9 Å². The molecular formula is C19H18F3N3O4S. The highest BCUT2D eigenvalue weighted by molar-refractivity contribution is 7.89. The molecule has 2 aromatic rings. The van der Waals surface area contributed by atoms with Crippen molar-refractivity contribution in [3.05, 3.63) is 59.9 Å². The second kappa shape index (κ2) is 8.92. The molecule has 1 aromatic carbocycles. The molecule has 1 saturated heterocycles. The van der Waals surface area contributed by atoms with Crippen molar-refractivity contribution in [2.45, 2.75) is 30.3 Å². The van der Waals surface area contributed by atoms with Gasteiger partial charge in [-0.1, -0.05) is 17.3 Å². The van der Waals surface area contributed by atoms with Crippen molar-refractivity contribution in [1.29, 1.82) is 0 Å². The van der Waals surface area contributed by atoms with Gasteiger partial charge in [-0.05, 0) is 30.3 Å². The Hall–Kier alpha value is -2.79. The highest BCUT2D eigenvalue weighted by Crippen LogP contribution is 2.31. The number of aromatic nitrogens is 1. The molecule has 1 aromatic heterocycles. The summed E-state index contributed by atoms with van der Waals surface area (Å²) in [7, 11) is -4.08. The van der Waals surface area contributed by atoms with Crippen LogP contribution in [-0.4, -0.2) is 42.5 Å². The van der Waals surface area contributed by atoms with E-state index >= 15 is 0 Å². The summed E-state index contributed by atoms with van der Waals surface area (Å²) < 4.78 is 65.0. The fourth-order valence-electron chi connectivity index (χ4n) is 2.86. The molecule has 0 radical (unpaired) electrons. The van der Waals surface area contributed by atoms with Gasteiger partial charge in [-0.15, -0.1) is 0 Å². The van der Waals surface area contributed by atoms with Crippen molar-refractivity contribution in [1.82, 2.24) is 9.29 Å². The Morgan fingerprint density at radius 2 is 1.87 bits per heavy atom. The third-order valence-electron chi connectivity index (χ3n) is 4.43. The number of alkyl halides is 3. The third-order valence-corrected chi connectivity index (χ3v) is 6.32. The van der Waals surface area contributed by atoms with E-state index in [2.05, 4.69) is 10.1 Å². The molecule has 11 heteroatoms. The van der Waals surface area contributed by atoms with Gasteiger partial charge in [0.1, 0.15) is 0 Å². The van der Waals surface area contributed by atoms with Gasteiger partial charge in [0.25, 0.3) is 0 Å². The number of rotatable bonds is 5. The van der Waals surface area contributed by atoms with Gasteiger partial charge >= 0.3 is 12.1 Å². The summed E-state index contributed by atoms with van der Waals surface area (Å²) in [5, 5.41) is 3.78. The number of sulfonamides is 1. The van der Waals surface area contributed by atoms with Gasteiger partial charge in [-0.2, -0.15) is 17.5 Å². The average Bonchev–Trinajstić information content (AvgIpc) is 2.73. The van der Waals surface area contributed by atoms with Gasteiger partial charge in [0, 0.05) is 32.1 Å². The lowest BCUT2D eigenvalue weighted by Gasteiger charge is -2.26. The maximum Gasteiger partial charge on any atom is 0.416 e. The normalized spacial score (nSPS) is 15.6. The molecule has 0 spiro atoms. The molecule has 160 valence electrons. The molecule has 0 saturated carbocycles. The summed E-state index contributed by atoms with van der Waals surface area (Å²) >= 11 is 0. The summed E-state index contributed by atoms with van der Waals surface area (Å²) in [5.41, 5.74) is 0.00668. The lowest BCUT2D eigenvalue weighted by molar-refractivity contribution is -0.143. The number of carbonyl (C=O) groups excluding carboxylic acids is 1. The molecule has 1 fully saturated rings. The molecule has 0 unspecified atom stereocenters. The van der Waals surface area contributed by atoms with E-state index in [0.717, 1.165) is 22.5 Å². The molecule has 30 heavy (non-hydrogen) atoms. The van der Waals surface area contributed by atoms with Gasteiger partial charge in [-0.25, -0.2) is 13.2 Å². The molecule has 1 aliphatic rings. The molecule has 0 atom stereocenters. The highest BCUT2D eigenvalue weighted by Gasteiger charge is 2.33. The van der Waals surface area contributed by atoms with Gasteiger partial charge in [0.05, 0.1) is 28.3 Å². The number of hydrogen-bond acceptors (Lipinski definition) is 6. The maximum absolute atomic E-state index is 12.9. The van der Waals surface area contributed by atoms with E-state index in [1.54, 1.807) is 24.4 Å². The molecule has 7 nitrogen and oxygen atoms in total. The number of nitrogens with zero attached hydrogens (tertiary/aromatic N) is 3. The first-order valence-electron chi connectivity index (χ1n) is 8.99. The van der Waals surface area contributed by atoms with Crippen LogP contribution < -0.4 is 0 Å². The molecule has 0 aliphatic carbocycles. The summed E-state index contributed by atoms with van der Waals surface area (Å²) in [6.07, 6.45) is -2.72. The Labute approximate surface area is 171 Å². The van der Waals surface area contributed by atoms with E-state index in [-0.39, 0.29) is 32.4 Å². The van der Waals surface area contributed by atoms with Crippen LogP contribution in [0.5, 0.6) is 0 Å². The first-order chi connectivity index (χ1) is 14.2. The summed E-state index contributed by atoms with van der Waals surface area (Å²) in [5.74, 6) is -0.597. The number of pyridine rings is 1. The van der Waals surface area contributed by atoms with E-state index in [0.29, 0.717) is 17.5 Å². The van der Waals surface area contributed by atoms with E-state index in [1.165, 1.54) is 0 Å². The van der Waals surface area contributed by atoms with Crippen molar-refractivity contribution < 1.29 is 31.2 Å². The molecule has 0 N–H and O–H groups in total. The minimum atomic E-state index is -4.63. The van der Waals surface area contributed by atoms with E-state index < -0.39 is 32.6 Å². The number of piperidine rings is 1. The average molecular weight is 441 g/mol. The Balaban J connectivity index is 1.59. The largest absolute Gasteiger partial charge is 0.416 e. The molecule has 0 amide bonds. The van der Waals surface area contributed by atoms with Crippen LogP contribution in [0, 0.1) is 0 Å². The first-order valence-corrected chi connectivity index (χ1v) is 10.4. The monoisotopic (exact) mass is 441 g/mol. The fourth-order valence-corrected chi connectivity index (χ4v) is 4.34. The van der Waals surface area contributed by atoms with Gasteiger partial charge < -0.3 is 4.84 Å². The molecule has 3 rings (SSSR count). The predicted molar refractivity (Wildman–Crippen MR) is 101 cm³/mol. The second-order valence-electron chi connectivity index (χ2n) is 6.55.